The summed E-state index contributed by atoms with van der Waals surface area (Å²) in [7, 11) is 0. The molecule has 0 heteroatoms. The molecule has 1 unspecified atom stereocenters. The Morgan fingerprint density at radius 1 is 1.00 bits per heavy atom. The van der Waals surface area contributed by atoms with Gasteiger partial charge in [0.25, 0.3) is 0 Å². The van der Waals surface area contributed by atoms with Gasteiger partial charge in [-0.2, -0.15) is 0 Å². The summed E-state index contributed by atoms with van der Waals surface area (Å²) < 4.78 is 0. The van der Waals surface area contributed by atoms with E-state index in [-0.39, 0.29) is 0 Å². The summed E-state index contributed by atoms with van der Waals surface area (Å²) in [6.45, 7) is 11.1. The van der Waals surface area contributed by atoms with Crippen molar-refractivity contribution in [2.45, 2.75) is 66.7 Å². The van der Waals surface area contributed by atoms with Gasteiger partial charge in [-0.25, -0.2) is 0 Å². The summed E-state index contributed by atoms with van der Waals surface area (Å²) in [5, 5.41) is 0. The summed E-state index contributed by atoms with van der Waals surface area (Å²) in [6, 6.07) is 0. The average molecular weight is 158 g/mol. The molecule has 0 bridgehead atoms. The van der Waals surface area contributed by atoms with Gasteiger partial charge in [0.1, 0.15) is 0 Å². The zero-order chi connectivity index (χ0) is 9.11. The van der Waals surface area contributed by atoms with Gasteiger partial charge in [-0.05, 0) is 5.92 Å². The van der Waals surface area contributed by atoms with E-state index in [0.29, 0.717) is 0 Å². The topological polar surface area (TPSA) is 0 Å². The maximum absolute atomic E-state index is 2.33. The normalized spacial score (nSPS) is 11.7. The molecule has 0 aromatic carbocycles. The molecule has 0 saturated heterocycles. The van der Waals surface area contributed by atoms with Gasteiger partial charge in [-0.15, -0.1) is 0 Å². The van der Waals surface area contributed by atoms with Crippen LogP contribution < -0.4 is 0 Å². The first kappa shape index (κ1) is 13.6. The Bertz CT molecular complexity index is 48.0. The van der Waals surface area contributed by atoms with Crippen molar-refractivity contribution in [2.24, 2.45) is 5.92 Å². The molecule has 0 aliphatic carbocycles. The van der Waals surface area contributed by atoms with Crippen LogP contribution in [0, 0.1) is 5.92 Å². The number of rotatable bonds is 4. The molecule has 0 N–H and O–H groups in total. The third-order valence-electron chi connectivity index (χ3n) is 1.75. The second-order valence-electron chi connectivity index (χ2n) is 3.36. The molecule has 0 aromatic rings. The molecule has 0 nitrogen and oxygen atoms in total. The van der Waals surface area contributed by atoms with E-state index in [2.05, 4.69) is 34.6 Å². The van der Waals surface area contributed by atoms with E-state index in [0.717, 1.165) is 5.92 Å². The van der Waals surface area contributed by atoms with Crippen molar-refractivity contribution >= 4 is 0 Å². The van der Waals surface area contributed by atoms with E-state index in [1.165, 1.54) is 32.1 Å². The van der Waals surface area contributed by atoms with Crippen molar-refractivity contribution in [2.75, 3.05) is 0 Å². The molecule has 1 atom stereocenters. The Morgan fingerprint density at radius 3 is 1.73 bits per heavy atom. The molecule has 0 rings (SSSR count). The van der Waals surface area contributed by atoms with Crippen molar-refractivity contribution in [3.05, 3.63) is 0 Å². The Hall–Kier alpha value is 0. The predicted molar refractivity (Wildman–Crippen MR) is 54.9 cm³/mol. The van der Waals surface area contributed by atoms with Crippen LogP contribution in [-0.4, -0.2) is 0 Å². The summed E-state index contributed by atoms with van der Waals surface area (Å²) >= 11 is 0. The molecular formula is C11H26. The third-order valence-corrected chi connectivity index (χ3v) is 1.75. The Morgan fingerprint density at radius 2 is 1.45 bits per heavy atom. The summed E-state index contributed by atoms with van der Waals surface area (Å²) in [5.41, 5.74) is 0. The monoisotopic (exact) mass is 158 g/mol. The fraction of sp³-hybridized carbons (Fsp3) is 1.00. The molecule has 0 amide bonds. The minimum absolute atomic E-state index is 0.954. The quantitative estimate of drug-likeness (QED) is 0.559. The first-order chi connectivity index (χ1) is 5.22. The highest BCUT2D eigenvalue weighted by molar-refractivity contribution is 4.47. The van der Waals surface area contributed by atoms with E-state index in [9.17, 15) is 0 Å². The molecule has 70 valence electrons. The predicted octanol–water partition coefficient (Wildman–Crippen LogP) is 4.64. The van der Waals surface area contributed by atoms with E-state index in [1.807, 2.05) is 0 Å². The molecular weight excluding hydrogens is 132 g/mol. The van der Waals surface area contributed by atoms with E-state index in [1.54, 1.807) is 0 Å². The summed E-state index contributed by atoms with van der Waals surface area (Å²) in [6.07, 6.45) is 6.78. The fourth-order valence-electron chi connectivity index (χ4n) is 0.757. The highest BCUT2D eigenvalue weighted by Crippen LogP contribution is 2.09. The number of hydrogen-bond acceptors (Lipinski definition) is 0. The molecule has 0 aliphatic heterocycles. The first-order valence-electron chi connectivity index (χ1n) is 5.22. The van der Waals surface area contributed by atoms with Crippen molar-refractivity contribution in [3.8, 4) is 0 Å². The van der Waals surface area contributed by atoms with Gasteiger partial charge < -0.3 is 0 Å². The minimum Gasteiger partial charge on any atom is -0.0656 e. The summed E-state index contributed by atoms with van der Waals surface area (Å²) in [5.74, 6) is 0.954. The first-order valence-corrected chi connectivity index (χ1v) is 5.22. The van der Waals surface area contributed by atoms with Gasteiger partial charge in [0.2, 0.25) is 0 Å². The van der Waals surface area contributed by atoms with Gasteiger partial charge in [-0.3, -0.25) is 0 Å². The number of hydrogen-bond donors (Lipinski definition) is 0. The highest BCUT2D eigenvalue weighted by Gasteiger charge is 1.94. The molecule has 0 aromatic heterocycles. The third kappa shape index (κ3) is 17.8. The van der Waals surface area contributed by atoms with Gasteiger partial charge in [-0.1, -0.05) is 66.7 Å². The molecule has 0 radical (unpaired) electrons. The van der Waals surface area contributed by atoms with Crippen LogP contribution in [0.2, 0.25) is 0 Å². The SMILES string of the molecule is CCC.CCCCC(C)CC. The van der Waals surface area contributed by atoms with Crippen LogP contribution in [0.5, 0.6) is 0 Å². The Labute approximate surface area is 73.4 Å². The minimum atomic E-state index is 0.954. The van der Waals surface area contributed by atoms with Crippen molar-refractivity contribution in [3.63, 3.8) is 0 Å². The van der Waals surface area contributed by atoms with Gasteiger partial charge in [0.15, 0.2) is 0 Å². The molecule has 0 heterocycles. The van der Waals surface area contributed by atoms with Crippen LogP contribution in [0.25, 0.3) is 0 Å². The molecule has 0 spiro atoms. The average Bonchev–Trinajstić information content (AvgIpc) is 2.02. The van der Waals surface area contributed by atoms with Crippen LogP contribution in [0.1, 0.15) is 66.7 Å². The zero-order valence-corrected chi connectivity index (χ0v) is 9.11. The Kier molecular flexibility index (Phi) is 15.6. The lowest BCUT2D eigenvalue weighted by atomic mass is 10.0. The van der Waals surface area contributed by atoms with E-state index in [4.69, 9.17) is 0 Å². The largest absolute Gasteiger partial charge is 0.0656 e. The number of unbranched alkanes of at least 4 members (excludes halogenated alkanes) is 1. The fourth-order valence-corrected chi connectivity index (χ4v) is 0.757. The standard InChI is InChI=1S/C8H18.C3H8/c1-4-6-7-8(3)5-2;1-3-2/h8H,4-7H2,1-3H3;3H2,1-2H3. The highest BCUT2D eigenvalue weighted by atomic mass is 14.0. The van der Waals surface area contributed by atoms with Crippen LogP contribution in [0.3, 0.4) is 0 Å². The van der Waals surface area contributed by atoms with Gasteiger partial charge in [0, 0.05) is 0 Å². The molecule has 0 aliphatic rings. The second-order valence-corrected chi connectivity index (χ2v) is 3.36. The maximum Gasteiger partial charge on any atom is -0.0445 e. The lowest BCUT2D eigenvalue weighted by Crippen LogP contribution is -1.89. The summed E-state index contributed by atoms with van der Waals surface area (Å²) in [4.78, 5) is 0. The van der Waals surface area contributed by atoms with Gasteiger partial charge >= 0.3 is 0 Å². The van der Waals surface area contributed by atoms with Crippen molar-refractivity contribution < 1.29 is 0 Å². The molecule has 0 fully saturated rings. The van der Waals surface area contributed by atoms with Crippen LogP contribution in [0.4, 0.5) is 0 Å². The smallest absolute Gasteiger partial charge is 0.0445 e. The lowest BCUT2D eigenvalue weighted by Gasteiger charge is -2.04. The van der Waals surface area contributed by atoms with E-state index >= 15 is 0 Å². The Balaban J connectivity index is 0. The zero-order valence-electron chi connectivity index (χ0n) is 9.11. The lowest BCUT2D eigenvalue weighted by molar-refractivity contribution is 0.492. The maximum atomic E-state index is 2.33. The second kappa shape index (κ2) is 12.7. The van der Waals surface area contributed by atoms with Crippen LogP contribution in [-0.2, 0) is 0 Å². The van der Waals surface area contributed by atoms with Crippen molar-refractivity contribution in [1.82, 2.24) is 0 Å². The van der Waals surface area contributed by atoms with Gasteiger partial charge in [0.05, 0.1) is 0 Å². The van der Waals surface area contributed by atoms with Crippen LogP contribution in [0.15, 0.2) is 0 Å². The van der Waals surface area contributed by atoms with Crippen molar-refractivity contribution in [1.29, 1.82) is 0 Å². The molecule has 11 heavy (non-hydrogen) atoms. The molecule has 0 saturated carbocycles. The van der Waals surface area contributed by atoms with Crippen LogP contribution >= 0.6 is 0 Å². The van der Waals surface area contributed by atoms with E-state index < -0.39 is 0 Å².